The molecular formula is C20H25N7O2. The van der Waals surface area contributed by atoms with Gasteiger partial charge in [-0.25, -0.2) is 15.0 Å². The lowest BCUT2D eigenvalue weighted by atomic mass is 9.79. The molecule has 1 saturated carbocycles. The van der Waals surface area contributed by atoms with E-state index in [1.807, 2.05) is 6.92 Å². The van der Waals surface area contributed by atoms with Crippen molar-refractivity contribution >= 4 is 17.5 Å². The molecule has 1 spiro atoms. The van der Waals surface area contributed by atoms with Crippen LogP contribution in [0.4, 0.5) is 11.6 Å². The number of carbonyl (C=O) groups is 1. The molecule has 4 N–H and O–H groups in total. The molecule has 5 rings (SSSR count). The van der Waals surface area contributed by atoms with E-state index >= 15 is 0 Å². The molecule has 3 aliphatic rings. The van der Waals surface area contributed by atoms with Crippen molar-refractivity contribution < 1.29 is 10.0 Å². The Kier molecular flexibility index (Phi) is 4.27. The topological polar surface area (TPSA) is 116 Å². The van der Waals surface area contributed by atoms with E-state index in [9.17, 15) is 10.0 Å². The molecule has 29 heavy (non-hydrogen) atoms. The van der Waals surface area contributed by atoms with Crippen molar-refractivity contribution in [3.63, 3.8) is 0 Å². The van der Waals surface area contributed by atoms with Crippen LogP contribution in [0.25, 0.3) is 0 Å². The van der Waals surface area contributed by atoms with Gasteiger partial charge in [-0.3, -0.25) is 4.79 Å². The van der Waals surface area contributed by atoms with Gasteiger partial charge in [0.05, 0.1) is 22.8 Å². The molecule has 2 aliphatic heterocycles. The minimum Gasteiger partial charge on any atom is -0.427 e. The van der Waals surface area contributed by atoms with Crippen molar-refractivity contribution in [2.75, 3.05) is 18.4 Å². The summed E-state index contributed by atoms with van der Waals surface area (Å²) < 4.78 is 1.08. The van der Waals surface area contributed by atoms with E-state index < -0.39 is 5.54 Å². The smallest absolute Gasteiger partial charge is 0.254 e. The average Bonchev–Trinajstić information content (AvgIpc) is 2.95. The summed E-state index contributed by atoms with van der Waals surface area (Å²) in [5.74, 6) is 1.04. The number of fused-ring (bicyclic) bond motifs is 2. The Labute approximate surface area is 168 Å². The van der Waals surface area contributed by atoms with Crippen LogP contribution in [0.5, 0.6) is 0 Å². The van der Waals surface area contributed by atoms with Gasteiger partial charge in [0.25, 0.3) is 5.91 Å². The number of amides is 1. The van der Waals surface area contributed by atoms with Gasteiger partial charge in [0.15, 0.2) is 11.3 Å². The second-order valence-electron chi connectivity index (χ2n) is 8.19. The Morgan fingerprint density at radius 1 is 1.24 bits per heavy atom. The van der Waals surface area contributed by atoms with E-state index in [0.717, 1.165) is 55.5 Å². The number of carbonyl (C=O) groups excluding carboxylic acids is 1. The first-order chi connectivity index (χ1) is 14.1. The van der Waals surface area contributed by atoms with Gasteiger partial charge in [-0.15, -0.1) is 0 Å². The molecule has 4 heterocycles. The second kappa shape index (κ2) is 6.84. The van der Waals surface area contributed by atoms with Crippen LogP contribution in [-0.4, -0.2) is 44.9 Å². The molecular weight excluding hydrogens is 370 g/mol. The van der Waals surface area contributed by atoms with Gasteiger partial charge in [0.2, 0.25) is 0 Å². The van der Waals surface area contributed by atoms with Crippen molar-refractivity contribution in [3.05, 3.63) is 40.8 Å². The number of rotatable bonds is 3. The zero-order chi connectivity index (χ0) is 20.0. The third kappa shape index (κ3) is 3.05. The molecule has 152 valence electrons. The minimum absolute atomic E-state index is 0.114. The molecule has 0 unspecified atom stereocenters. The van der Waals surface area contributed by atoms with Crippen LogP contribution >= 0.6 is 0 Å². The van der Waals surface area contributed by atoms with Crippen LogP contribution in [0.1, 0.15) is 53.7 Å². The Bertz CT molecular complexity index is 1040. The van der Waals surface area contributed by atoms with Crippen LogP contribution < -0.4 is 21.4 Å². The predicted molar refractivity (Wildman–Crippen MR) is 106 cm³/mol. The molecule has 0 atom stereocenters. The van der Waals surface area contributed by atoms with Gasteiger partial charge in [-0.1, -0.05) is 19.3 Å². The van der Waals surface area contributed by atoms with E-state index in [2.05, 4.69) is 30.9 Å². The van der Waals surface area contributed by atoms with E-state index in [4.69, 9.17) is 0 Å². The summed E-state index contributed by atoms with van der Waals surface area (Å²) >= 11 is 0. The highest BCUT2D eigenvalue weighted by atomic mass is 16.5. The Morgan fingerprint density at radius 2 is 2.03 bits per heavy atom. The molecule has 1 saturated heterocycles. The molecule has 9 nitrogen and oxygen atoms in total. The standard InChI is InChI=1S/C20H25N7O2/c1-12-7-16(25-15-8-14(22-11-23-15)24-13-9-21-10-13)27(29)18-17(12)19(28)26-20(18)5-3-2-4-6-20/h7-8,11,13,21,29H,2-6,9-10H2,1H3,(H,26,28)(H,22,23,24). The minimum atomic E-state index is -0.509. The van der Waals surface area contributed by atoms with Crippen LogP contribution in [-0.2, 0) is 5.54 Å². The molecule has 2 fully saturated rings. The number of aryl methyl sites for hydroxylation is 1. The third-order valence-electron chi connectivity index (χ3n) is 6.16. The summed E-state index contributed by atoms with van der Waals surface area (Å²) in [6.07, 6.45) is 6.31. The van der Waals surface area contributed by atoms with Gasteiger partial charge in [-0.05, 0) is 31.4 Å². The fourth-order valence-corrected chi connectivity index (χ4v) is 4.60. The molecule has 2 aromatic rings. The van der Waals surface area contributed by atoms with Crippen LogP contribution in [0.3, 0.4) is 0 Å². The second-order valence-corrected chi connectivity index (χ2v) is 8.19. The number of anilines is 1. The largest absolute Gasteiger partial charge is 0.427 e. The zero-order valence-corrected chi connectivity index (χ0v) is 16.4. The summed E-state index contributed by atoms with van der Waals surface area (Å²) in [4.78, 5) is 25.7. The maximum Gasteiger partial charge on any atom is 0.254 e. The number of nitrogens with one attached hydrogen (secondary N) is 3. The van der Waals surface area contributed by atoms with Gasteiger partial charge >= 0.3 is 0 Å². The highest BCUT2D eigenvalue weighted by molar-refractivity contribution is 6.00. The quantitative estimate of drug-likeness (QED) is 0.583. The summed E-state index contributed by atoms with van der Waals surface area (Å²) in [5, 5.41) is 20.7. The first-order valence-electron chi connectivity index (χ1n) is 10.2. The lowest BCUT2D eigenvalue weighted by molar-refractivity contribution is 0.0892. The van der Waals surface area contributed by atoms with E-state index in [0.29, 0.717) is 34.4 Å². The van der Waals surface area contributed by atoms with Crippen LogP contribution in [0.2, 0.25) is 0 Å². The van der Waals surface area contributed by atoms with E-state index in [1.54, 1.807) is 12.1 Å². The highest BCUT2D eigenvalue weighted by Gasteiger charge is 2.47. The molecule has 0 radical (unpaired) electrons. The van der Waals surface area contributed by atoms with Crippen molar-refractivity contribution in [1.82, 2.24) is 25.3 Å². The fourth-order valence-electron chi connectivity index (χ4n) is 4.60. The Hall–Kier alpha value is -2.94. The van der Waals surface area contributed by atoms with E-state index in [-0.39, 0.29) is 5.91 Å². The van der Waals surface area contributed by atoms with Gasteiger partial charge in [0, 0.05) is 19.2 Å². The molecule has 9 heteroatoms. The molecule has 0 aromatic carbocycles. The Balaban J connectivity index is 1.58. The third-order valence-corrected chi connectivity index (χ3v) is 6.16. The monoisotopic (exact) mass is 395 g/mol. The molecule has 1 aliphatic carbocycles. The van der Waals surface area contributed by atoms with E-state index in [1.165, 1.54) is 6.33 Å². The maximum absolute atomic E-state index is 12.7. The van der Waals surface area contributed by atoms with Gasteiger partial charge in [0.1, 0.15) is 12.1 Å². The van der Waals surface area contributed by atoms with Gasteiger partial charge < -0.3 is 21.2 Å². The fraction of sp³-hybridized carbons (Fsp3) is 0.500. The van der Waals surface area contributed by atoms with Gasteiger partial charge in [-0.2, -0.15) is 4.73 Å². The number of nitrogens with zero attached hydrogens (tertiary/aromatic N) is 4. The first kappa shape index (κ1) is 18.1. The Morgan fingerprint density at radius 3 is 2.76 bits per heavy atom. The summed E-state index contributed by atoms with van der Waals surface area (Å²) in [6, 6.07) is 3.84. The average molecular weight is 395 g/mol. The zero-order valence-electron chi connectivity index (χ0n) is 16.4. The number of aromatic nitrogens is 3. The number of hydrogen-bond donors (Lipinski definition) is 4. The van der Waals surface area contributed by atoms with Crippen molar-refractivity contribution in [2.45, 2.75) is 50.6 Å². The summed E-state index contributed by atoms with van der Waals surface area (Å²) in [5.41, 5.74) is 1.85. The van der Waals surface area contributed by atoms with Crippen molar-refractivity contribution in [1.29, 1.82) is 0 Å². The SMILES string of the molecule is Cc1cc(=Nc2cc(NC3CNC3)ncn2)n(O)c2c1C(=O)NC21CCCCC1. The van der Waals surface area contributed by atoms with Crippen molar-refractivity contribution in [3.8, 4) is 0 Å². The van der Waals surface area contributed by atoms with Crippen LogP contribution in [0.15, 0.2) is 23.5 Å². The lowest BCUT2D eigenvalue weighted by Crippen LogP contribution is -2.51. The predicted octanol–water partition coefficient (Wildman–Crippen LogP) is 1.34. The summed E-state index contributed by atoms with van der Waals surface area (Å²) in [6.45, 7) is 3.69. The normalized spacial score (nSPS) is 21.0. The number of pyridine rings is 1. The molecule has 0 bridgehead atoms. The summed E-state index contributed by atoms with van der Waals surface area (Å²) in [7, 11) is 0. The molecule has 1 amide bonds. The highest BCUT2D eigenvalue weighted by Crippen LogP contribution is 2.42. The van der Waals surface area contributed by atoms with Crippen LogP contribution in [0, 0.1) is 6.92 Å². The number of hydrogen-bond acceptors (Lipinski definition) is 7. The van der Waals surface area contributed by atoms with Crippen molar-refractivity contribution in [2.24, 2.45) is 4.99 Å². The first-order valence-corrected chi connectivity index (χ1v) is 10.2. The maximum atomic E-state index is 12.7. The molecule has 2 aromatic heterocycles. The lowest BCUT2D eigenvalue weighted by Gasteiger charge is -2.34.